The summed E-state index contributed by atoms with van der Waals surface area (Å²) in [6.07, 6.45) is 0. The van der Waals surface area contributed by atoms with Crippen molar-refractivity contribution in [2.45, 2.75) is 13.5 Å². The summed E-state index contributed by atoms with van der Waals surface area (Å²) in [6.45, 7) is 2.00. The molecule has 3 rings (SSSR count). The highest BCUT2D eigenvalue weighted by atomic mass is 35.5. The number of halogens is 2. The van der Waals surface area contributed by atoms with Crippen molar-refractivity contribution >= 4 is 17.5 Å². The van der Waals surface area contributed by atoms with Crippen LogP contribution in [0.15, 0.2) is 30.3 Å². The fraction of sp³-hybridized carbons (Fsp3) is 0.188. The lowest BCUT2D eigenvalue weighted by atomic mass is 10.1. The smallest absolute Gasteiger partial charge is 0.251 e. The predicted molar refractivity (Wildman–Crippen MR) is 79.9 cm³/mol. The molecule has 1 N–H and O–H groups in total. The number of rotatable bonds is 3. The molecular formula is C16H13ClFNO3. The normalized spacial score (nSPS) is 12.3. The summed E-state index contributed by atoms with van der Waals surface area (Å²) in [5.74, 6) is 0.275. The number of fused-ring (bicyclic) bond motifs is 1. The Morgan fingerprint density at radius 1 is 1.32 bits per heavy atom. The highest BCUT2D eigenvalue weighted by Gasteiger charge is 2.20. The van der Waals surface area contributed by atoms with E-state index in [1.54, 1.807) is 25.1 Å². The van der Waals surface area contributed by atoms with E-state index in [-0.39, 0.29) is 25.1 Å². The van der Waals surface area contributed by atoms with E-state index in [0.29, 0.717) is 33.2 Å². The maximum absolute atomic E-state index is 13.5. The van der Waals surface area contributed by atoms with Crippen molar-refractivity contribution in [3.8, 4) is 11.5 Å². The SMILES string of the molecule is Cc1ccc(CNC(=O)c2cc(Cl)c3c(c2)OCO3)cc1F. The highest BCUT2D eigenvalue weighted by Crippen LogP contribution is 2.39. The predicted octanol–water partition coefficient (Wildman–Crippen LogP) is 3.45. The van der Waals surface area contributed by atoms with Crippen molar-refractivity contribution in [2.75, 3.05) is 6.79 Å². The van der Waals surface area contributed by atoms with Gasteiger partial charge in [0.25, 0.3) is 5.91 Å². The molecule has 1 heterocycles. The van der Waals surface area contributed by atoms with Crippen molar-refractivity contribution in [2.24, 2.45) is 0 Å². The second-order valence-corrected chi connectivity index (χ2v) is 5.37. The van der Waals surface area contributed by atoms with Crippen LogP contribution in [0.1, 0.15) is 21.5 Å². The molecule has 0 aliphatic carbocycles. The van der Waals surface area contributed by atoms with E-state index in [1.807, 2.05) is 0 Å². The molecule has 22 heavy (non-hydrogen) atoms. The van der Waals surface area contributed by atoms with Crippen LogP contribution >= 0.6 is 11.6 Å². The number of carbonyl (C=O) groups is 1. The molecule has 0 atom stereocenters. The molecule has 1 aliphatic rings. The molecule has 1 amide bonds. The zero-order valence-corrected chi connectivity index (χ0v) is 12.5. The van der Waals surface area contributed by atoms with Gasteiger partial charge in [0.05, 0.1) is 5.02 Å². The molecule has 1 aliphatic heterocycles. The van der Waals surface area contributed by atoms with Crippen LogP contribution in [0.5, 0.6) is 11.5 Å². The van der Waals surface area contributed by atoms with Crippen molar-refractivity contribution < 1.29 is 18.7 Å². The first-order valence-electron chi connectivity index (χ1n) is 6.67. The lowest BCUT2D eigenvalue weighted by Gasteiger charge is -2.08. The van der Waals surface area contributed by atoms with Gasteiger partial charge in [0.2, 0.25) is 6.79 Å². The van der Waals surface area contributed by atoms with E-state index in [4.69, 9.17) is 21.1 Å². The van der Waals surface area contributed by atoms with Gasteiger partial charge in [-0.25, -0.2) is 4.39 Å². The van der Waals surface area contributed by atoms with E-state index < -0.39 is 0 Å². The first-order chi connectivity index (χ1) is 10.5. The molecule has 0 saturated carbocycles. The van der Waals surface area contributed by atoms with Crippen LogP contribution in [0.4, 0.5) is 4.39 Å². The summed E-state index contributed by atoms with van der Waals surface area (Å²) >= 11 is 6.04. The molecule has 0 fully saturated rings. The van der Waals surface area contributed by atoms with Crippen LogP contribution in [0, 0.1) is 12.7 Å². The van der Waals surface area contributed by atoms with Crippen molar-refractivity contribution in [3.05, 3.63) is 57.9 Å². The van der Waals surface area contributed by atoms with Gasteiger partial charge < -0.3 is 14.8 Å². The van der Waals surface area contributed by atoms with Crippen molar-refractivity contribution in [3.63, 3.8) is 0 Å². The van der Waals surface area contributed by atoms with E-state index in [1.165, 1.54) is 12.1 Å². The third-order valence-electron chi connectivity index (χ3n) is 3.38. The number of ether oxygens (including phenoxy) is 2. The van der Waals surface area contributed by atoms with E-state index in [9.17, 15) is 9.18 Å². The van der Waals surface area contributed by atoms with Gasteiger partial charge in [-0.3, -0.25) is 4.79 Å². The Hall–Kier alpha value is -2.27. The summed E-state index contributed by atoms with van der Waals surface area (Å²) in [4.78, 5) is 12.2. The first-order valence-corrected chi connectivity index (χ1v) is 7.05. The summed E-state index contributed by atoms with van der Waals surface area (Å²) < 4.78 is 23.9. The van der Waals surface area contributed by atoms with Gasteiger partial charge in [-0.05, 0) is 36.2 Å². The Balaban J connectivity index is 1.72. The summed E-state index contributed by atoms with van der Waals surface area (Å²) in [7, 11) is 0. The Morgan fingerprint density at radius 3 is 2.91 bits per heavy atom. The quantitative estimate of drug-likeness (QED) is 0.942. The number of aryl methyl sites for hydroxylation is 1. The summed E-state index contributed by atoms with van der Waals surface area (Å²) in [5.41, 5.74) is 1.61. The number of carbonyl (C=O) groups excluding carboxylic acids is 1. The third-order valence-corrected chi connectivity index (χ3v) is 3.66. The minimum Gasteiger partial charge on any atom is -0.454 e. The molecule has 0 unspecified atom stereocenters. The molecular weight excluding hydrogens is 309 g/mol. The summed E-state index contributed by atoms with van der Waals surface area (Å²) in [5, 5.41) is 3.04. The number of hydrogen-bond acceptors (Lipinski definition) is 3. The van der Waals surface area contributed by atoms with E-state index >= 15 is 0 Å². The molecule has 4 nitrogen and oxygen atoms in total. The Kier molecular flexibility index (Phi) is 3.90. The fourth-order valence-electron chi connectivity index (χ4n) is 2.13. The van der Waals surface area contributed by atoms with Gasteiger partial charge in [0, 0.05) is 12.1 Å². The Bertz CT molecular complexity index is 748. The third kappa shape index (κ3) is 2.85. The second-order valence-electron chi connectivity index (χ2n) is 4.96. The molecule has 0 aromatic heterocycles. The van der Waals surface area contributed by atoms with Gasteiger partial charge in [-0.15, -0.1) is 0 Å². The lowest BCUT2D eigenvalue weighted by molar-refractivity contribution is 0.0950. The average molecular weight is 322 g/mol. The summed E-state index contributed by atoms with van der Waals surface area (Å²) in [6, 6.07) is 7.93. The van der Waals surface area contributed by atoms with Gasteiger partial charge in [-0.1, -0.05) is 23.7 Å². The zero-order chi connectivity index (χ0) is 15.7. The minimum absolute atomic E-state index is 0.0861. The number of benzene rings is 2. The molecule has 6 heteroatoms. The largest absolute Gasteiger partial charge is 0.454 e. The molecule has 114 valence electrons. The molecule has 0 radical (unpaired) electrons. The highest BCUT2D eigenvalue weighted by molar-refractivity contribution is 6.32. The van der Waals surface area contributed by atoms with Crippen molar-refractivity contribution in [1.29, 1.82) is 0 Å². The Labute approximate surface area is 131 Å². The Morgan fingerprint density at radius 2 is 2.14 bits per heavy atom. The van der Waals surface area contributed by atoms with Gasteiger partial charge in [0.15, 0.2) is 11.5 Å². The van der Waals surface area contributed by atoms with Crippen molar-refractivity contribution in [1.82, 2.24) is 5.32 Å². The molecule has 0 spiro atoms. The lowest BCUT2D eigenvalue weighted by Crippen LogP contribution is -2.22. The van der Waals surface area contributed by atoms with Gasteiger partial charge in [0.1, 0.15) is 5.82 Å². The minimum atomic E-state index is -0.318. The average Bonchev–Trinajstić information content (AvgIpc) is 2.97. The van der Waals surface area contributed by atoms with Crippen LogP contribution in [0.3, 0.4) is 0 Å². The van der Waals surface area contributed by atoms with Gasteiger partial charge in [-0.2, -0.15) is 0 Å². The van der Waals surface area contributed by atoms with Gasteiger partial charge >= 0.3 is 0 Å². The van der Waals surface area contributed by atoms with E-state index in [2.05, 4.69) is 5.32 Å². The standard InChI is InChI=1S/C16H13ClFNO3/c1-9-2-3-10(4-13(9)18)7-19-16(20)11-5-12(17)15-14(6-11)21-8-22-15/h2-6H,7-8H2,1H3,(H,19,20). The van der Waals surface area contributed by atoms with E-state index in [0.717, 1.165) is 0 Å². The monoisotopic (exact) mass is 321 g/mol. The van der Waals surface area contributed by atoms with Crippen LogP contribution < -0.4 is 14.8 Å². The van der Waals surface area contributed by atoms with Crippen LogP contribution in [0.2, 0.25) is 5.02 Å². The molecule has 2 aromatic rings. The fourth-order valence-corrected chi connectivity index (χ4v) is 2.39. The zero-order valence-electron chi connectivity index (χ0n) is 11.8. The maximum atomic E-state index is 13.5. The van der Waals surface area contributed by atoms with Crippen LogP contribution in [0.25, 0.3) is 0 Å². The topological polar surface area (TPSA) is 47.6 Å². The first kappa shape index (κ1) is 14.7. The van der Waals surface area contributed by atoms with Crippen LogP contribution in [-0.2, 0) is 6.54 Å². The second kappa shape index (κ2) is 5.85. The molecule has 2 aromatic carbocycles. The number of hydrogen-bond donors (Lipinski definition) is 1. The number of nitrogens with one attached hydrogen (secondary N) is 1. The number of amides is 1. The van der Waals surface area contributed by atoms with Crippen LogP contribution in [-0.4, -0.2) is 12.7 Å². The maximum Gasteiger partial charge on any atom is 0.251 e. The molecule has 0 saturated heterocycles. The molecule has 0 bridgehead atoms.